The monoisotopic (exact) mass is 352 g/mol. The predicted molar refractivity (Wildman–Crippen MR) is 78.8 cm³/mol. The largest absolute Gasteiger partial charge is 0.409 e. The molecule has 2 rings (SSSR count). The van der Waals surface area contributed by atoms with Crippen molar-refractivity contribution in [1.82, 2.24) is 4.98 Å². The van der Waals surface area contributed by atoms with E-state index in [9.17, 15) is 9.18 Å². The summed E-state index contributed by atoms with van der Waals surface area (Å²) in [5.74, 6) is -0.981. The summed E-state index contributed by atoms with van der Waals surface area (Å²) in [6.07, 6.45) is 1.31. The fourth-order valence-corrected chi connectivity index (χ4v) is 1.89. The number of carbonyl (C=O) groups excluding carboxylic acids is 1. The van der Waals surface area contributed by atoms with Gasteiger partial charge in [0, 0.05) is 17.4 Å². The number of amides is 1. The molecule has 108 valence electrons. The number of rotatable bonds is 3. The van der Waals surface area contributed by atoms with E-state index in [-0.39, 0.29) is 16.0 Å². The van der Waals surface area contributed by atoms with E-state index in [0.717, 1.165) is 0 Å². The normalized spacial score (nSPS) is 11.2. The fraction of sp³-hybridized carbons (Fsp3) is 0. The van der Waals surface area contributed by atoms with Crippen molar-refractivity contribution in [3.05, 3.63) is 58.1 Å². The number of anilines is 1. The van der Waals surface area contributed by atoms with Gasteiger partial charge < -0.3 is 16.3 Å². The van der Waals surface area contributed by atoms with E-state index < -0.39 is 11.7 Å². The van der Waals surface area contributed by atoms with E-state index in [2.05, 4.69) is 31.4 Å². The van der Waals surface area contributed by atoms with Gasteiger partial charge in [0.25, 0.3) is 5.91 Å². The van der Waals surface area contributed by atoms with Gasteiger partial charge in [0.15, 0.2) is 5.84 Å². The molecular weight excluding hydrogens is 343 g/mol. The van der Waals surface area contributed by atoms with Crippen molar-refractivity contribution in [2.75, 3.05) is 5.32 Å². The molecule has 0 saturated carbocycles. The summed E-state index contributed by atoms with van der Waals surface area (Å²) < 4.78 is 13.3. The zero-order valence-corrected chi connectivity index (χ0v) is 12.1. The molecule has 6 nitrogen and oxygen atoms in total. The van der Waals surface area contributed by atoms with Crippen LogP contribution in [0.3, 0.4) is 0 Å². The van der Waals surface area contributed by atoms with Crippen molar-refractivity contribution in [3.8, 4) is 0 Å². The molecule has 0 unspecified atom stereocenters. The molecule has 0 aliphatic carbocycles. The van der Waals surface area contributed by atoms with E-state index in [1.165, 1.54) is 36.5 Å². The molecule has 0 bridgehead atoms. The standard InChI is InChI=1S/C13H10BrFN4O2/c14-9-5-8(2-3-10(9)15)18-13(20)11-4-1-7(6-17-11)12(16)19-21/h1-6,21H,(H2,16,19)(H,18,20). The number of nitrogens with zero attached hydrogens (tertiary/aromatic N) is 2. The number of amidine groups is 1. The quantitative estimate of drug-likeness (QED) is 0.341. The smallest absolute Gasteiger partial charge is 0.274 e. The summed E-state index contributed by atoms with van der Waals surface area (Å²) in [7, 11) is 0. The number of hydrogen-bond acceptors (Lipinski definition) is 4. The Hall–Kier alpha value is -2.48. The van der Waals surface area contributed by atoms with Gasteiger partial charge in [-0.25, -0.2) is 4.39 Å². The lowest BCUT2D eigenvalue weighted by Crippen LogP contribution is -2.16. The lowest BCUT2D eigenvalue weighted by atomic mass is 10.2. The molecule has 0 spiro atoms. The first kappa shape index (κ1) is 14.9. The van der Waals surface area contributed by atoms with Gasteiger partial charge in [-0.2, -0.15) is 0 Å². The molecule has 0 atom stereocenters. The number of nitrogens with two attached hydrogens (primary N) is 1. The molecule has 1 aromatic heterocycles. The number of oxime groups is 1. The highest BCUT2D eigenvalue weighted by atomic mass is 79.9. The second-order valence-corrected chi connectivity index (χ2v) is 4.85. The summed E-state index contributed by atoms with van der Waals surface area (Å²) in [4.78, 5) is 15.9. The zero-order valence-electron chi connectivity index (χ0n) is 10.5. The number of halogens is 2. The zero-order chi connectivity index (χ0) is 15.4. The van der Waals surface area contributed by atoms with Crippen LogP contribution in [-0.2, 0) is 0 Å². The summed E-state index contributed by atoms with van der Waals surface area (Å²) >= 11 is 3.03. The van der Waals surface area contributed by atoms with Crippen LogP contribution in [0.25, 0.3) is 0 Å². The molecule has 1 heterocycles. The molecule has 2 aromatic rings. The van der Waals surface area contributed by atoms with Crippen LogP contribution in [0, 0.1) is 5.82 Å². The van der Waals surface area contributed by atoms with Gasteiger partial charge in [-0.1, -0.05) is 5.16 Å². The Morgan fingerprint density at radius 1 is 1.38 bits per heavy atom. The summed E-state index contributed by atoms with van der Waals surface area (Å²) in [6, 6.07) is 7.04. The topological polar surface area (TPSA) is 101 Å². The average Bonchev–Trinajstić information content (AvgIpc) is 2.50. The van der Waals surface area contributed by atoms with Crippen LogP contribution < -0.4 is 11.1 Å². The number of pyridine rings is 1. The van der Waals surface area contributed by atoms with Gasteiger partial charge in [0.05, 0.1) is 4.47 Å². The minimum Gasteiger partial charge on any atom is -0.409 e. The predicted octanol–water partition coefficient (Wildman–Crippen LogP) is 2.33. The molecule has 0 radical (unpaired) electrons. The maximum absolute atomic E-state index is 13.1. The fourth-order valence-electron chi connectivity index (χ4n) is 1.51. The summed E-state index contributed by atoms with van der Waals surface area (Å²) in [6.45, 7) is 0. The molecule has 0 aliphatic rings. The second-order valence-electron chi connectivity index (χ2n) is 4.00. The third-order valence-corrected chi connectivity index (χ3v) is 3.18. The lowest BCUT2D eigenvalue weighted by Gasteiger charge is -2.06. The Bertz CT molecular complexity index is 704. The van der Waals surface area contributed by atoms with Gasteiger partial charge in [-0.15, -0.1) is 0 Å². The average molecular weight is 353 g/mol. The van der Waals surface area contributed by atoms with E-state index in [1.807, 2.05) is 0 Å². The summed E-state index contributed by atoms with van der Waals surface area (Å²) in [5, 5.41) is 13.9. The van der Waals surface area contributed by atoms with Crippen molar-refractivity contribution in [3.63, 3.8) is 0 Å². The highest BCUT2D eigenvalue weighted by Gasteiger charge is 2.10. The van der Waals surface area contributed by atoms with Crippen molar-refractivity contribution >= 4 is 33.4 Å². The first-order chi connectivity index (χ1) is 10.0. The van der Waals surface area contributed by atoms with E-state index in [4.69, 9.17) is 10.9 Å². The van der Waals surface area contributed by atoms with Gasteiger partial charge >= 0.3 is 0 Å². The molecule has 0 saturated heterocycles. The highest BCUT2D eigenvalue weighted by molar-refractivity contribution is 9.10. The first-order valence-electron chi connectivity index (χ1n) is 5.71. The van der Waals surface area contributed by atoms with E-state index in [0.29, 0.717) is 11.3 Å². The van der Waals surface area contributed by atoms with Crippen molar-refractivity contribution < 1.29 is 14.4 Å². The van der Waals surface area contributed by atoms with Crippen LogP contribution in [0.1, 0.15) is 16.1 Å². The second kappa shape index (κ2) is 6.31. The molecule has 1 amide bonds. The molecule has 21 heavy (non-hydrogen) atoms. The van der Waals surface area contributed by atoms with Crippen LogP contribution in [0.4, 0.5) is 10.1 Å². The number of aromatic nitrogens is 1. The third kappa shape index (κ3) is 3.54. The van der Waals surface area contributed by atoms with Crippen molar-refractivity contribution in [2.45, 2.75) is 0 Å². The van der Waals surface area contributed by atoms with Crippen LogP contribution >= 0.6 is 15.9 Å². The minimum atomic E-state index is -0.459. The number of hydrogen-bond donors (Lipinski definition) is 3. The molecular formula is C13H10BrFN4O2. The minimum absolute atomic E-state index is 0.100. The third-order valence-electron chi connectivity index (χ3n) is 2.58. The molecule has 1 aromatic carbocycles. The Kier molecular flexibility index (Phi) is 4.49. The molecule has 4 N–H and O–H groups in total. The van der Waals surface area contributed by atoms with Crippen LogP contribution in [0.2, 0.25) is 0 Å². The van der Waals surface area contributed by atoms with E-state index in [1.54, 1.807) is 0 Å². The van der Waals surface area contributed by atoms with Crippen LogP contribution in [-0.4, -0.2) is 21.9 Å². The van der Waals surface area contributed by atoms with Crippen molar-refractivity contribution in [2.24, 2.45) is 10.9 Å². The van der Waals surface area contributed by atoms with Gasteiger partial charge in [0.2, 0.25) is 0 Å². The Balaban J connectivity index is 2.14. The molecule has 0 fully saturated rings. The van der Waals surface area contributed by atoms with Gasteiger partial charge in [-0.05, 0) is 46.3 Å². The maximum atomic E-state index is 13.1. The Morgan fingerprint density at radius 2 is 2.14 bits per heavy atom. The van der Waals surface area contributed by atoms with Gasteiger partial charge in [0.1, 0.15) is 11.5 Å². The Morgan fingerprint density at radius 3 is 2.71 bits per heavy atom. The van der Waals surface area contributed by atoms with Crippen LogP contribution in [0.5, 0.6) is 0 Å². The van der Waals surface area contributed by atoms with Gasteiger partial charge in [-0.3, -0.25) is 9.78 Å². The first-order valence-corrected chi connectivity index (χ1v) is 6.51. The Labute approximate surface area is 127 Å². The molecule has 0 aliphatic heterocycles. The van der Waals surface area contributed by atoms with E-state index >= 15 is 0 Å². The lowest BCUT2D eigenvalue weighted by molar-refractivity contribution is 0.102. The summed E-state index contributed by atoms with van der Waals surface area (Å²) in [5.41, 5.74) is 6.35. The number of nitrogens with one attached hydrogen (secondary N) is 1. The number of carbonyl (C=O) groups is 1. The molecule has 8 heteroatoms. The van der Waals surface area contributed by atoms with Crippen molar-refractivity contribution in [1.29, 1.82) is 0 Å². The maximum Gasteiger partial charge on any atom is 0.274 e. The highest BCUT2D eigenvalue weighted by Crippen LogP contribution is 2.20. The van der Waals surface area contributed by atoms with Crippen LogP contribution in [0.15, 0.2) is 46.2 Å². The SMILES string of the molecule is N/C(=N/O)c1ccc(C(=O)Nc2ccc(F)c(Br)c2)nc1. The number of benzene rings is 1.